The number of carbonyl (C=O) groups is 3. The number of phosphoric acid groups is 1. The second kappa shape index (κ2) is 37.4. The molecule has 4 N–H and O–H groups in total. The van der Waals surface area contributed by atoms with Crippen molar-refractivity contribution >= 4 is 25.7 Å². The zero-order chi connectivity index (χ0) is 40.0. The van der Waals surface area contributed by atoms with E-state index in [-0.39, 0.29) is 19.4 Å². The van der Waals surface area contributed by atoms with Gasteiger partial charge in [-0.25, -0.2) is 4.57 Å². The lowest BCUT2D eigenvalue weighted by Crippen LogP contribution is -2.34. The molecule has 12 heteroatoms. The Balaban J connectivity index is 4.49. The Labute approximate surface area is 326 Å². The van der Waals surface area contributed by atoms with Gasteiger partial charge >= 0.3 is 25.7 Å². The maximum absolute atomic E-state index is 12.6. The van der Waals surface area contributed by atoms with E-state index in [0.717, 1.165) is 44.9 Å². The number of hydrogen-bond acceptors (Lipinski definition) is 9. The monoisotopic (exact) mass is 784 g/mol. The van der Waals surface area contributed by atoms with E-state index in [4.69, 9.17) is 24.8 Å². The van der Waals surface area contributed by atoms with Gasteiger partial charge < -0.3 is 25.2 Å². The van der Waals surface area contributed by atoms with Crippen LogP contribution in [0.25, 0.3) is 0 Å². The van der Waals surface area contributed by atoms with Crippen LogP contribution in [0.1, 0.15) is 168 Å². The van der Waals surface area contributed by atoms with Gasteiger partial charge in [0.05, 0.1) is 13.2 Å². The van der Waals surface area contributed by atoms with Gasteiger partial charge in [-0.3, -0.25) is 23.4 Å². The number of ether oxygens (including phenoxy) is 2. The molecule has 1 unspecified atom stereocenters. The highest BCUT2D eigenvalue weighted by molar-refractivity contribution is 7.47. The summed E-state index contributed by atoms with van der Waals surface area (Å²) in [4.78, 5) is 45.8. The van der Waals surface area contributed by atoms with E-state index in [9.17, 15) is 23.8 Å². The third-order valence-electron chi connectivity index (χ3n) is 8.58. The molecule has 0 aromatic heterocycles. The molecular weight excluding hydrogens is 709 g/mol. The van der Waals surface area contributed by atoms with Crippen molar-refractivity contribution in [1.82, 2.24) is 0 Å². The second-order valence-corrected chi connectivity index (χ2v) is 15.2. The van der Waals surface area contributed by atoms with Gasteiger partial charge in [-0.2, -0.15) is 0 Å². The largest absolute Gasteiger partial charge is 0.480 e. The number of phosphoric ester groups is 1. The number of carboxylic acids is 1. The highest BCUT2D eigenvalue weighted by atomic mass is 31.2. The van der Waals surface area contributed by atoms with Crippen LogP contribution in [0.5, 0.6) is 0 Å². The number of rotatable bonds is 38. The van der Waals surface area contributed by atoms with E-state index in [1.54, 1.807) is 0 Å². The minimum absolute atomic E-state index is 0.146. The fraction of sp³-hybridized carbons (Fsp3) is 0.738. The molecule has 3 atom stereocenters. The lowest BCUT2D eigenvalue weighted by Gasteiger charge is -2.20. The molecule has 0 fully saturated rings. The summed E-state index contributed by atoms with van der Waals surface area (Å²) in [6.45, 7) is 2.71. The molecule has 0 amide bonds. The zero-order valence-electron chi connectivity index (χ0n) is 33.6. The molecule has 0 spiro atoms. The van der Waals surface area contributed by atoms with Gasteiger partial charge in [-0.15, -0.1) is 0 Å². The first-order chi connectivity index (χ1) is 26.1. The molecule has 0 rings (SSSR count). The third kappa shape index (κ3) is 36.4. The number of unbranched alkanes of at least 4 members (excludes halogenated alkanes) is 16. The summed E-state index contributed by atoms with van der Waals surface area (Å²) in [5.74, 6) is -2.45. The number of allylic oxidation sites excluding steroid dienone is 8. The van der Waals surface area contributed by atoms with E-state index in [0.29, 0.717) is 19.3 Å². The van der Waals surface area contributed by atoms with Gasteiger partial charge in [-0.1, -0.05) is 152 Å². The van der Waals surface area contributed by atoms with E-state index in [1.165, 1.54) is 77.0 Å². The minimum Gasteiger partial charge on any atom is -0.480 e. The van der Waals surface area contributed by atoms with E-state index in [2.05, 4.69) is 54.8 Å². The molecule has 0 saturated heterocycles. The zero-order valence-corrected chi connectivity index (χ0v) is 34.4. The number of carboxylic acid groups (broad SMARTS) is 1. The molecule has 312 valence electrons. The van der Waals surface area contributed by atoms with E-state index in [1.807, 2.05) is 12.2 Å². The van der Waals surface area contributed by atoms with Gasteiger partial charge in [0.15, 0.2) is 6.10 Å². The van der Waals surface area contributed by atoms with Crippen LogP contribution in [-0.4, -0.2) is 59.9 Å². The number of esters is 2. The number of aliphatic carboxylic acids is 1. The quantitative estimate of drug-likeness (QED) is 0.0235. The molecule has 0 aliphatic rings. The molecule has 0 aromatic rings. The molecule has 0 saturated carbocycles. The fourth-order valence-electron chi connectivity index (χ4n) is 5.29. The van der Waals surface area contributed by atoms with E-state index < -0.39 is 51.1 Å². The SMILES string of the molecule is CCCCC/C=C/C/C=C/C/C=C/C/C=C/CCCC(=O)OC[C@H](COP(=O)(O)OC[C@H](N)C(=O)O)OC(=O)CCCCCCCCCCCCCCC. The second-order valence-electron chi connectivity index (χ2n) is 13.8. The topological polar surface area (TPSA) is 172 Å². The van der Waals surface area contributed by atoms with Gasteiger partial charge in [0.2, 0.25) is 0 Å². The highest BCUT2D eigenvalue weighted by Crippen LogP contribution is 2.43. The Morgan fingerprint density at radius 3 is 1.52 bits per heavy atom. The number of hydrogen-bond donors (Lipinski definition) is 3. The van der Waals surface area contributed by atoms with Crippen LogP contribution in [0.3, 0.4) is 0 Å². The molecule has 11 nitrogen and oxygen atoms in total. The smallest absolute Gasteiger partial charge is 0.472 e. The third-order valence-corrected chi connectivity index (χ3v) is 9.53. The Bertz CT molecular complexity index is 1110. The maximum Gasteiger partial charge on any atom is 0.472 e. The lowest BCUT2D eigenvalue weighted by atomic mass is 10.0. The number of nitrogens with two attached hydrogens (primary N) is 1. The van der Waals surface area contributed by atoms with Crippen molar-refractivity contribution < 1.29 is 47.5 Å². The first-order valence-corrected chi connectivity index (χ1v) is 22.2. The summed E-state index contributed by atoms with van der Waals surface area (Å²) in [7, 11) is -4.72. The Hall–Kier alpha value is -2.56. The molecule has 0 aliphatic heterocycles. The van der Waals surface area contributed by atoms with Crippen LogP contribution in [0.4, 0.5) is 0 Å². The van der Waals surface area contributed by atoms with Gasteiger partial charge in [0.25, 0.3) is 0 Å². The maximum atomic E-state index is 12.6. The summed E-state index contributed by atoms with van der Waals surface area (Å²) >= 11 is 0. The van der Waals surface area contributed by atoms with Crippen LogP contribution < -0.4 is 5.73 Å². The first-order valence-electron chi connectivity index (χ1n) is 20.7. The highest BCUT2D eigenvalue weighted by Gasteiger charge is 2.28. The fourth-order valence-corrected chi connectivity index (χ4v) is 6.07. The van der Waals surface area contributed by atoms with Gasteiger partial charge in [0, 0.05) is 12.8 Å². The molecular formula is C42H74NO10P. The van der Waals surface area contributed by atoms with Crippen LogP contribution in [-0.2, 0) is 37.5 Å². The van der Waals surface area contributed by atoms with Crippen molar-refractivity contribution in [3.8, 4) is 0 Å². The molecule has 0 heterocycles. The Morgan fingerprint density at radius 1 is 0.574 bits per heavy atom. The van der Waals surface area contributed by atoms with Crippen molar-refractivity contribution in [2.45, 2.75) is 180 Å². The average Bonchev–Trinajstić information content (AvgIpc) is 3.14. The molecule has 0 radical (unpaired) electrons. The van der Waals surface area contributed by atoms with Crippen molar-refractivity contribution in [2.75, 3.05) is 19.8 Å². The van der Waals surface area contributed by atoms with Crippen molar-refractivity contribution in [3.05, 3.63) is 48.6 Å². The van der Waals surface area contributed by atoms with Crippen molar-refractivity contribution in [2.24, 2.45) is 5.73 Å². The predicted molar refractivity (Wildman–Crippen MR) is 217 cm³/mol. The molecule has 0 bridgehead atoms. The Morgan fingerprint density at radius 2 is 1.00 bits per heavy atom. The summed E-state index contributed by atoms with van der Waals surface area (Å²) in [5.41, 5.74) is 5.32. The van der Waals surface area contributed by atoms with Gasteiger partial charge in [-0.05, 0) is 51.4 Å². The predicted octanol–water partition coefficient (Wildman–Crippen LogP) is 10.6. The summed E-state index contributed by atoms with van der Waals surface area (Å²) in [6, 6.07) is -1.53. The van der Waals surface area contributed by atoms with Crippen molar-refractivity contribution in [3.63, 3.8) is 0 Å². The normalized spacial score (nSPS) is 14.3. The van der Waals surface area contributed by atoms with Gasteiger partial charge in [0.1, 0.15) is 12.6 Å². The van der Waals surface area contributed by atoms with E-state index >= 15 is 0 Å². The standard InChI is InChI=1S/C42H74NO10P/c1-3-5-7-9-11-13-15-17-18-19-20-22-23-25-27-29-31-33-40(44)50-35-38(36-51-54(48,49)52-37-39(43)42(46)47)53-41(45)34-32-30-28-26-24-21-16-14-12-10-8-6-4-2/h11,13,17-18,20,22,25,27,38-39H,3-10,12,14-16,19,21,23-24,26,28-37,43H2,1-2H3,(H,46,47)(H,48,49)/b13-11+,18-17+,22-20+,27-25+/t38-,39+/m1/s1. The summed E-state index contributed by atoms with van der Waals surface area (Å²) < 4.78 is 32.6. The Kier molecular flexibility index (Phi) is 35.6. The minimum atomic E-state index is -4.72. The summed E-state index contributed by atoms with van der Waals surface area (Å²) in [5, 5.41) is 8.87. The molecule has 0 aromatic carbocycles. The van der Waals surface area contributed by atoms with Crippen LogP contribution in [0.2, 0.25) is 0 Å². The van der Waals surface area contributed by atoms with Crippen LogP contribution in [0.15, 0.2) is 48.6 Å². The first kappa shape index (κ1) is 51.4. The molecule has 54 heavy (non-hydrogen) atoms. The van der Waals surface area contributed by atoms with Crippen LogP contribution in [0, 0.1) is 0 Å². The molecule has 0 aliphatic carbocycles. The van der Waals surface area contributed by atoms with Crippen LogP contribution >= 0.6 is 7.82 Å². The summed E-state index contributed by atoms with van der Waals surface area (Å²) in [6.07, 6.45) is 40.4. The van der Waals surface area contributed by atoms with Crippen molar-refractivity contribution in [1.29, 1.82) is 0 Å². The average molecular weight is 784 g/mol. The number of carbonyl (C=O) groups excluding carboxylic acids is 2. The lowest BCUT2D eigenvalue weighted by molar-refractivity contribution is -0.161.